The summed E-state index contributed by atoms with van der Waals surface area (Å²) in [7, 11) is 0. The maximum atomic E-state index is 13.1. The van der Waals surface area contributed by atoms with Crippen LogP contribution in [0.5, 0.6) is 5.88 Å². The lowest BCUT2D eigenvalue weighted by Gasteiger charge is -2.18. The number of nitrogens with zero attached hydrogens (tertiary/aromatic N) is 5. The van der Waals surface area contributed by atoms with E-state index in [1.807, 2.05) is 24.3 Å². The molecule has 34 heavy (non-hydrogen) atoms. The van der Waals surface area contributed by atoms with Crippen LogP contribution in [0.1, 0.15) is 24.0 Å². The highest BCUT2D eigenvalue weighted by atomic mass is 16.5. The molecule has 4 heterocycles. The molecular weight excluding hydrogens is 430 g/mol. The molecule has 9 heteroatoms. The van der Waals surface area contributed by atoms with Gasteiger partial charge in [0, 0.05) is 24.5 Å². The second kappa shape index (κ2) is 8.42. The largest absolute Gasteiger partial charge is 0.474 e. The molecule has 1 aliphatic carbocycles. The Labute approximate surface area is 196 Å². The number of rotatable bonds is 7. The van der Waals surface area contributed by atoms with Gasteiger partial charge in [0.2, 0.25) is 11.8 Å². The summed E-state index contributed by atoms with van der Waals surface area (Å²) in [6, 6.07) is 11.8. The Hall–Kier alpha value is -3.98. The Morgan fingerprint density at radius 3 is 2.97 bits per heavy atom. The van der Waals surface area contributed by atoms with E-state index >= 15 is 0 Å². The average Bonchev–Trinajstić information content (AvgIpc) is 3.63. The molecule has 9 nitrogen and oxygen atoms in total. The minimum absolute atomic E-state index is 0.196. The number of hydrogen-bond acceptors (Lipinski definition) is 7. The van der Waals surface area contributed by atoms with Gasteiger partial charge in [-0.05, 0) is 55.1 Å². The summed E-state index contributed by atoms with van der Waals surface area (Å²) >= 11 is 0. The van der Waals surface area contributed by atoms with Gasteiger partial charge in [0.15, 0.2) is 11.5 Å². The van der Waals surface area contributed by atoms with Crippen molar-refractivity contribution in [3.05, 3.63) is 76.7 Å². The maximum absolute atomic E-state index is 13.1. The van der Waals surface area contributed by atoms with Crippen LogP contribution in [0.25, 0.3) is 16.9 Å². The van der Waals surface area contributed by atoms with Crippen molar-refractivity contribution in [2.75, 3.05) is 11.9 Å². The molecule has 1 saturated carbocycles. The first-order valence-corrected chi connectivity index (χ1v) is 11.5. The van der Waals surface area contributed by atoms with E-state index in [9.17, 15) is 4.79 Å². The molecule has 2 N–H and O–H groups in total. The summed E-state index contributed by atoms with van der Waals surface area (Å²) < 4.78 is 9.15. The Kier molecular flexibility index (Phi) is 5.10. The monoisotopic (exact) mass is 455 g/mol. The van der Waals surface area contributed by atoms with E-state index in [0.29, 0.717) is 35.2 Å². The van der Waals surface area contributed by atoms with Crippen molar-refractivity contribution in [2.24, 2.45) is 0 Å². The lowest BCUT2D eigenvalue weighted by atomic mass is 10.0. The molecule has 1 aliphatic heterocycles. The first-order chi connectivity index (χ1) is 16.7. The van der Waals surface area contributed by atoms with Gasteiger partial charge in [0.25, 0.3) is 5.56 Å². The van der Waals surface area contributed by atoms with Gasteiger partial charge in [-0.3, -0.25) is 4.79 Å². The van der Waals surface area contributed by atoms with E-state index in [2.05, 4.69) is 39.3 Å². The number of fused-ring (bicyclic) bond motifs is 2. The number of ether oxygens (including phenoxy) is 1. The quantitative estimate of drug-likeness (QED) is 0.413. The van der Waals surface area contributed by atoms with Crippen LogP contribution in [-0.4, -0.2) is 37.0 Å². The van der Waals surface area contributed by atoms with Crippen LogP contribution in [0, 0.1) is 0 Å². The van der Waals surface area contributed by atoms with Crippen LogP contribution < -0.4 is 20.9 Å². The Bertz CT molecular complexity index is 1450. The van der Waals surface area contributed by atoms with Gasteiger partial charge in [-0.25, -0.2) is 14.3 Å². The minimum Gasteiger partial charge on any atom is -0.474 e. The number of aromatic nitrogens is 5. The van der Waals surface area contributed by atoms with Crippen molar-refractivity contribution >= 4 is 22.7 Å². The number of benzene rings is 1. The Morgan fingerprint density at radius 1 is 1.21 bits per heavy atom. The fraction of sp³-hybridized carbons (Fsp3) is 0.280. The SMILES string of the molecule is C=CCn1c(=O)c2cnc(Nc3ccc4c(c3)CCNC4)nc2n1-c1cccc(OC2CC2)n1. The van der Waals surface area contributed by atoms with Crippen molar-refractivity contribution in [1.82, 2.24) is 29.6 Å². The normalized spacial score (nSPS) is 15.2. The zero-order valence-corrected chi connectivity index (χ0v) is 18.7. The van der Waals surface area contributed by atoms with Gasteiger partial charge >= 0.3 is 0 Å². The molecule has 1 fully saturated rings. The maximum Gasteiger partial charge on any atom is 0.278 e. The second-order valence-electron chi connectivity index (χ2n) is 8.61. The third kappa shape index (κ3) is 3.84. The number of nitrogens with one attached hydrogen (secondary N) is 2. The van der Waals surface area contributed by atoms with Crippen LogP contribution in [0.15, 0.2) is 60.0 Å². The number of anilines is 2. The lowest BCUT2D eigenvalue weighted by molar-refractivity contribution is 0.290. The highest BCUT2D eigenvalue weighted by molar-refractivity contribution is 5.77. The van der Waals surface area contributed by atoms with E-state index in [1.165, 1.54) is 11.1 Å². The standard InChI is InChI=1S/C25H25N7O2/c1-2-12-31-24(33)20-15-27-25(28-18-7-6-17-14-26-11-10-16(17)13-18)30-23(20)32(31)21-4-3-5-22(29-21)34-19-8-9-19/h2-7,13,15,19,26H,1,8-12,14H2,(H,27,28,30). The number of hydrogen-bond donors (Lipinski definition) is 2. The minimum atomic E-state index is -0.196. The molecule has 4 aromatic rings. The zero-order valence-electron chi connectivity index (χ0n) is 18.7. The molecule has 2 aliphatic rings. The lowest BCUT2D eigenvalue weighted by Crippen LogP contribution is -2.23. The predicted molar refractivity (Wildman–Crippen MR) is 130 cm³/mol. The zero-order chi connectivity index (χ0) is 23.1. The fourth-order valence-electron chi connectivity index (χ4n) is 4.24. The van der Waals surface area contributed by atoms with Crippen LogP contribution in [-0.2, 0) is 19.5 Å². The molecule has 0 amide bonds. The van der Waals surface area contributed by atoms with Gasteiger partial charge in [-0.15, -0.1) is 6.58 Å². The number of pyridine rings is 1. The molecular formula is C25H25N7O2. The molecule has 0 saturated heterocycles. The predicted octanol–water partition coefficient (Wildman–Crippen LogP) is 3.09. The molecule has 1 aromatic carbocycles. The Balaban J connectivity index is 1.42. The van der Waals surface area contributed by atoms with E-state index in [0.717, 1.165) is 38.0 Å². The van der Waals surface area contributed by atoms with Crippen molar-refractivity contribution in [1.29, 1.82) is 0 Å². The first kappa shape index (κ1) is 20.6. The second-order valence-corrected chi connectivity index (χ2v) is 8.61. The van der Waals surface area contributed by atoms with Gasteiger partial charge < -0.3 is 15.4 Å². The van der Waals surface area contributed by atoms with Gasteiger partial charge in [0.05, 0.1) is 6.54 Å². The molecule has 3 aromatic heterocycles. The fourth-order valence-corrected chi connectivity index (χ4v) is 4.24. The highest BCUT2D eigenvalue weighted by Gasteiger charge is 2.24. The molecule has 0 bridgehead atoms. The van der Waals surface area contributed by atoms with Crippen LogP contribution in [0.4, 0.5) is 11.6 Å². The van der Waals surface area contributed by atoms with Crippen molar-refractivity contribution in [2.45, 2.75) is 38.5 Å². The van der Waals surface area contributed by atoms with E-state index < -0.39 is 0 Å². The van der Waals surface area contributed by atoms with Crippen molar-refractivity contribution in [3.8, 4) is 11.7 Å². The number of allylic oxidation sites excluding steroid dienone is 1. The molecule has 0 unspecified atom stereocenters. The molecule has 0 radical (unpaired) electrons. The van der Waals surface area contributed by atoms with E-state index in [1.54, 1.807) is 21.6 Å². The average molecular weight is 456 g/mol. The van der Waals surface area contributed by atoms with Crippen LogP contribution >= 0.6 is 0 Å². The summed E-state index contributed by atoms with van der Waals surface area (Å²) in [5, 5.41) is 7.10. The first-order valence-electron chi connectivity index (χ1n) is 11.5. The van der Waals surface area contributed by atoms with Crippen molar-refractivity contribution in [3.63, 3.8) is 0 Å². The topological polar surface area (TPSA) is 98.9 Å². The third-order valence-electron chi connectivity index (χ3n) is 6.06. The van der Waals surface area contributed by atoms with Crippen LogP contribution in [0.2, 0.25) is 0 Å². The summed E-state index contributed by atoms with van der Waals surface area (Å²) in [5.74, 6) is 1.50. The highest BCUT2D eigenvalue weighted by Crippen LogP contribution is 2.27. The van der Waals surface area contributed by atoms with Crippen LogP contribution in [0.3, 0.4) is 0 Å². The molecule has 172 valence electrons. The molecule has 0 spiro atoms. The summed E-state index contributed by atoms with van der Waals surface area (Å²) in [6.45, 7) is 5.97. The molecule has 6 rings (SSSR count). The molecule has 0 atom stereocenters. The summed E-state index contributed by atoms with van der Waals surface area (Å²) in [4.78, 5) is 26.9. The van der Waals surface area contributed by atoms with Gasteiger partial charge in [0.1, 0.15) is 11.5 Å². The summed E-state index contributed by atoms with van der Waals surface area (Å²) in [5.41, 5.74) is 3.82. The smallest absolute Gasteiger partial charge is 0.278 e. The van der Waals surface area contributed by atoms with Gasteiger partial charge in [-0.2, -0.15) is 9.97 Å². The van der Waals surface area contributed by atoms with E-state index in [4.69, 9.17) is 9.72 Å². The van der Waals surface area contributed by atoms with E-state index in [-0.39, 0.29) is 11.7 Å². The third-order valence-corrected chi connectivity index (χ3v) is 6.06. The Morgan fingerprint density at radius 2 is 2.12 bits per heavy atom. The van der Waals surface area contributed by atoms with Crippen molar-refractivity contribution < 1.29 is 4.74 Å². The van der Waals surface area contributed by atoms with Gasteiger partial charge in [-0.1, -0.05) is 18.2 Å². The summed E-state index contributed by atoms with van der Waals surface area (Å²) in [6.07, 6.45) is 6.54.